The first kappa shape index (κ1) is 15.1. The van der Waals surface area contributed by atoms with Crippen molar-refractivity contribution in [2.24, 2.45) is 11.1 Å². The smallest absolute Gasteiger partial charge is 0.238 e. The van der Waals surface area contributed by atoms with Gasteiger partial charge in [-0.1, -0.05) is 13.8 Å². The predicted octanol–water partition coefficient (Wildman–Crippen LogP) is 2.08. The Morgan fingerprint density at radius 1 is 1.50 bits per heavy atom. The van der Waals surface area contributed by atoms with Crippen LogP contribution in [0, 0.1) is 5.92 Å². The number of amides is 1. The van der Waals surface area contributed by atoms with Gasteiger partial charge in [0.1, 0.15) is 0 Å². The second-order valence-corrected chi connectivity index (χ2v) is 6.40. The summed E-state index contributed by atoms with van der Waals surface area (Å²) in [5.74, 6) is -0.212. The Morgan fingerprint density at radius 3 is 2.56 bits per heavy atom. The van der Waals surface area contributed by atoms with Gasteiger partial charge in [-0.05, 0) is 40.5 Å². The summed E-state index contributed by atoms with van der Waals surface area (Å²) in [7, 11) is -3.73. The van der Waals surface area contributed by atoms with Gasteiger partial charge >= 0.3 is 0 Å². The van der Waals surface area contributed by atoms with Crippen LogP contribution in [0.25, 0.3) is 0 Å². The molecule has 0 aromatic heterocycles. The maximum absolute atomic E-state index is 11.7. The van der Waals surface area contributed by atoms with Crippen molar-refractivity contribution in [1.82, 2.24) is 0 Å². The van der Waals surface area contributed by atoms with E-state index in [0.29, 0.717) is 10.2 Å². The Bertz CT molecular complexity index is 557. The molecule has 1 unspecified atom stereocenters. The predicted molar refractivity (Wildman–Crippen MR) is 73.6 cm³/mol. The zero-order chi connectivity index (χ0) is 13.9. The number of carbonyl (C=O) groups excluding carboxylic acids is 1. The highest BCUT2D eigenvalue weighted by Crippen LogP contribution is 2.25. The summed E-state index contributed by atoms with van der Waals surface area (Å²) >= 11 is 3.20. The molecule has 0 radical (unpaired) electrons. The zero-order valence-corrected chi connectivity index (χ0v) is 12.5. The number of sulfonamides is 1. The van der Waals surface area contributed by atoms with Gasteiger partial charge in [0.2, 0.25) is 15.9 Å². The minimum absolute atomic E-state index is 0.00378. The van der Waals surface area contributed by atoms with Gasteiger partial charge < -0.3 is 5.32 Å². The molecule has 0 bridgehead atoms. The van der Waals surface area contributed by atoms with E-state index < -0.39 is 10.0 Å². The average Bonchev–Trinajstić information content (AvgIpc) is 2.29. The fourth-order valence-electron chi connectivity index (χ4n) is 1.22. The minimum Gasteiger partial charge on any atom is -0.325 e. The second kappa shape index (κ2) is 5.81. The van der Waals surface area contributed by atoms with E-state index >= 15 is 0 Å². The molecule has 1 rings (SSSR count). The topological polar surface area (TPSA) is 89.3 Å². The van der Waals surface area contributed by atoms with Gasteiger partial charge in [-0.25, -0.2) is 13.6 Å². The molecule has 100 valence electrons. The number of hydrogen-bond acceptors (Lipinski definition) is 3. The number of primary sulfonamides is 1. The van der Waals surface area contributed by atoms with Crippen LogP contribution in [-0.2, 0) is 14.8 Å². The van der Waals surface area contributed by atoms with Crippen molar-refractivity contribution in [2.75, 3.05) is 5.32 Å². The molecule has 5 nitrogen and oxygen atoms in total. The number of nitrogens with two attached hydrogens (primary N) is 1. The largest absolute Gasteiger partial charge is 0.325 e. The highest BCUT2D eigenvalue weighted by Gasteiger charge is 2.14. The summed E-state index contributed by atoms with van der Waals surface area (Å²) < 4.78 is 22.8. The summed E-state index contributed by atoms with van der Waals surface area (Å²) in [6.07, 6.45) is 0.735. The molecular formula is C11H15BrN2O3S. The summed E-state index contributed by atoms with van der Waals surface area (Å²) in [5, 5.41) is 7.73. The van der Waals surface area contributed by atoms with Crippen LogP contribution in [-0.4, -0.2) is 14.3 Å². The fraction of sp³-hybridized carbons (Fsp3) is 0.364. The lowest BCUT2D eigenvalue weighted by Gasteiger charge is -2.12. The Hall–Kier alpha value is -0.920. The third kappa shape index (κ3) is 3.79. The first-order valence-corrected chi connectivity index (χ1v) is 7.72. The Morgan fingerprint density at radius 2 is 2.11 bits per heavy atom. The molecule has 18 heavy (non-hydrogen) atoms. The lowest BCUT2D eigenvalue weighted by molar-refractivity contribution is -0.119. The number of carbonyl (C=O) groups is 1. The maximum atomic E-state index is 11.7. The molecule has 1 atom stereocenters. The van der Waals surface area contributed by atoms with Gasteiger partial charge in [0.25, 0.3) is 0 Å². The normalized spacial score (nSPS) is 13.1. The standard InChI is InChI=1S/C11H15BrN2O3S/c1-3-7(2)11(15)14-10-5-4-8(6-9(10)12)18(13,16)17/h4-7H,3H2,1-2H3,(H,14,15)(H2,13,16,17). The van der Waals surface area contributed by atoms with Crippen molar-refractivity contribution in [2.45, 2.75) is 25.2 Å². The van der Waals surface area contributed by atoms with Crippen molar-refractivity contribution in [3.05, 3.63) is 22.7 Å². The average molecular weight is 335 g/mol. The van der Waals surface area contributed by atoms with Crippen LogP contribution in [0.4, 0.5) is 5.69 Å². The van der Waals surface area contributed by atoms with Crippen molar-refractivity contribution >= 4 is 37.5 Å². The zero-order valence-electron chi connectivity index (χ0n) is 10.1. The van der Waals surface area contributed by atoms with Crippen LogP contribution in [0.15, 0.2) is 27.6 Å². The fourth-order valence-corrected chi connectivity index (χ4v) is 2.38. The van der Waals surface area contributed by atoms with Gasteiger partial charge in [0.05, 0.1) is 10.6 Å². The van der Waals surface area contributed by atoms with Crippen molar-refractivity contribution < 1.29 is 13.2 Å². The van der Waals surface area contributed by atoms with Gasteiger partial charge in [0, 0.05) is 10.4 Å². The molecule has 0 heterocycles. The number of hydrogen-bond donors (Lipinski definition) is 2. The van der Waals surface area contributed by atoms with Crippen LogP contribution in [0.3, 0.4) is 0 Å². The van der Waals surface area contributed by atoms with E-state index in [1.807, 2.05) is 13.8 Å². The SMILES string of the molecule is CCC(C)C(=O)Nc1ccc(S(N)(=O)=O)cc1Br. The molecule has 0 spiro atoms. The van der Waals surface area contributed by atoms with E-state index in [9.17, 15) is 13.2 Å². The number of halogens is 1. The second-order valence-electron chi connectivity index (χ2n) is 3.99. The monoisotopic (exact) mass is 334 g/mol. The molecule has 0 saturated heterocycles. The molecular weight excluding hydrogens is 320 g/mol. The van der Waals surface area contributed by atoms with Gasteiger partial charge in [-0.2, -0.15) is 0 Å². The van der Waals surface area contributed by atoms with Crippen LogP contribution in [0.2, 0.25) is 0 Å². The van der Waals surface area contributed by atoms with Crippen LogP contribution in [0.1, 0.15) is 20.3 Å². The molecule has 0 aliphatic carbocycles. The molecule has 0 aliphatic rings. The van der Waals surface area contributed by atoms with E-state index in [1.54, 1.807) is 0 Å². The van der Waals surface area contributed by atoms with Crippen LogP contribution < -0.4 is 10.5 Å². The van der Waals surface area contributed by atoms with Gasteiger partial charge in [-0.3, -0.25) is 4.79 Å². The molecule has 0 saturated carbocycles. The molecule has 7 heteroatoms. The number of benzene rings is 1. The Labute approximate surface area is 115 Å². The molecule has 1 aromatic carbocycles. The van der Waals surface area contributed by atoms with Crippen LogP contribution >= 0.6 is 15.9 Å². The van der Waals surface area contributed by atoms with Crippen LogP contribution in [0.5, 0.6) is 0 Å². The first-order valence-electron chi connectivity index (χ1n) is 5.39. The Kier molecular flexibility index (Phi) is 4.89. The van der Waals surface area contributed by atoms with E-state index in [-0.39, 0.29) is 16.7 Å². The molecule has 0 aliphatic heterocycles. The quantitative estimate of drug-likeness (QED) is 0.883. The molecule has 0 fully saturated rings. The van der Waals surface area contributed by atoms with E-state index in [0.717, 1.165) is 6.42 Å². The summed E-state index contributed by atoms with van der Waals surface area (Å²) in [6, 6.07) is 4.22. The van der Waals surface area contributed by atoms with Crippen molar-refractivity contribution in [3.63, 3.8) is 0 Å². The molecule has 3 N–H and O–H groups in total. The first-order chi connectivity index (χ1) is 8.25. The number of rotatable bonds is 4. The molecule has 1 amide bonds. The summed E-state index contributed by atoms with van der Waals surface area (Å²) in [5.41, 5.74) is 0.521. The Balaban J connectivity index is 2.97. The van der Waals surface area contributed by atoms with Gasteiger partial charge in [0.15, 0.2) is 0 Å². The highest BCUT2D eigenvalue weighted by molar-refractivity contribution is 9.10. The van der Waals surface area contributed by atoms with Gasteiger partial charge in [-0.15, -0.1) is 0 Å². The van der Waals surface area contributed by atoms with Crippen molar-refractivity contribution in [1.29, 1.82) is 0 Å². The minimum atomic E-state index is -3.73. The van der Waals surface area contributed by atoms with E-state index in [4.69, 9.17) is 5.14 Å². The lowest BCUT2D eigenvalue weighted by atomic mass is 10.1. The maximum Gasteiger partial charge on any atom is 0.238 e. The summed E-state index contributed by atoms with van der Waals surface area (Å²) in [4.78, 5) is 11.7. The third-order valence-electron chi connectivity index (χ3n) is 2.59. The number of nitrogens with one attached hydrogen (secondary N) is 1. The lowest BCUT2D eigenvalue weighted by Crippen LogP contribution is -2.20. The summed E-state index contributed by atoms with van der Waals surface area (Å²) in [6.45, 7) is 3.74. The molecule has 1 aromatic rings. The van der Waals surface area contributed by atoms with E-state index in [2.05, 4.69) is 21.2 Å². The van der Waals surface area contributed by atoms with E-state index in [1.165, 1.54) is 18.2 Å². The van der Waals surface area contributed by atoms with Crippen molar-refractivity contribution in [3.8, 4) is 0 Å². The highest BCUT2D eigenvalue weighted by atomic mass is 79.9. The number of anilines is 1. The third-order valence-corrected chi connectivity index (χ3v) is 4.15.